The quantitative estimate of drug-likeness (QED) is 0.751. The number of amides is 1. The van der Waals surface area contributed by atoms with Crippen LogP contribution in [0.1, 0.15) is 18.6 Å². The highest BCUT2D eigenvalue weighted by Crippen LogP contribution is 2.15. The van der Waals surface area contributed by atoms with E-state index in [1.54, 1.807) is 19.1 Å². The molecule has 0 aromatic heterocycles. The van der Waals surface area contributed by atoms with Crippen LogP contribution in [0.4, 0.5) is 4.39 Å². The highest BCUT2D eigenvalue weighted by molar-refractivity contribution is 5.85. The minimum absolute atomic E-state index is 0. The van der Waals surface area contributed by atoms with Gasteiger partial charge in [0.15, 0.2) is 0 Å². The Labute approximate surface area is 112 Å². The number of nitrogens with one attached hydrogen (secondary N) is 1. The predicted octanol–water partition coefficient (Wildman–Crippen LogP) is 0.992. The highest BCUT2D eigenvalue weighted by atomic mass is 35.5. The van der Waals surface area contributed by atoms with Gasteiger partial charge in [-0.15, -0.1) is 12.4 Å². The van der Waals surface area contributed by atoms with Gasteiger partial charge in [0.1, 0.15) is 5.82 Å². The minimum atomic E-state index is -1.05. The molecule has 1 aromatic carbocycles. The number of aliphatic hydroxyl groups excluding tert-OH is 1. The van der Waals surface area contributed by atoms with Crippen LogP contribution >= 0.6 is 12.4 Å². The lowest BCUT2D eigenvalue weighted by molar-refractivity contribution is -0.124. The number of carbonyl (C=O) groups is 1. The van der Waals surface area contributed by atoms with E-state index in [4.69, 9.17) is 5.73 Å². The fraction of sp³-hybridized carbons (Fsp3) is 0.417. The monoisotopic (exact) mass is 276 g/mol. The normalized spacial score (nSPS) is 13.3. The van der Waals surface area contributed by atoms with Crippen molar-refractivity contribution < 1.29 is 14.3 Å². The standard InChI is InChI=1S/C12H17FN2O2.ClH/c1-8(6-14)12(17)15-7-11(16)9-4-2-3-5-10(9)13;/h2-5,8,11,16H,6-7,14H2,1H3,(H,15,17);1H. The molecule has 1 rings (SSSR count). The molecule has 0 fully saturated rings. The van der Waals surface area contributed by atoms with Crippen LogP contribution in [-0.2, 0) is 4.79 Å². The van der Waals surface area contributed by atoms with Crippen LogP contribution in [0.15, 0.2) is 24.3 Å². The molecule has 0 aliphatic carbocycles. The summed E-state index contributed by atoms with van der Waals surface area (Å²) in [6.45, 7) is 1.90. The molecule has 1 aromatic rings. The summed E-state index contributed by atoms with van der Waals surface area (Å²) in [5.41, 5.74) is 5.51. The van der Waals surface area contributed by atoms with Gasteiger partial charge in [0, 0.05) is 24.6 Å². The summed E-state index contributed by atoms with van der Waals surface area (Å²) < 4.78 is 13.3. The summed E-state index contributed by atoms with van der Waals surface area (Å²) in [7, 11) is 0. The van der Waals surface area contributed by atoms with Crippen LogP contribution in [0, 0.1) is 11.7 Å². The van der Waals surface area contributed by atoms with Crippen molar-refractivity contribution in [2.24, 2.45) is 11.7 Å². The van der Waals surface area contributed by atoms with Crippen LogP contribution in [-0.4, -0.2) is 24.1 Å². The maximum Gasteiger partial charge on any atom is 0.224 e. The van der Waals surface area contributed by atoms with Crippen molar-refractivity contribution in [1.29, 1.82) is 0 Å². The van der Waals surface area contributed by atoms with Gasteiger partial charge in [-0.05, 0) is 6.07 Å². The number of aliphatic hydroxyl groups is 1. The molecule has 18 heavy (non-hydrogen) atoms. The van der Waals surface area contributed by atoms with Gasteiger partial charge in [-0.3, -0.25) is 4.79 Å². The first-order chi connectivity index (χ1) is 8.06. The molecule has 0 aliphatic heterocycles. The lowest BCUT2D eigenvalue weighted by atomic mass is 10.1. The number of hydrogen-bond donors (Lipinski definition) is 3. The molecule has 0 saturated heterocycles. The van der Waals surface area contributed by atoms with Crippen molar-refractivity contribution in [1.82, 2.24) is 5.32 Å². The zero-order chi connectivity index (χ0) is 12.8. The largest absolute Gasteiger partial charge is 0.386 e. The Morgan fingerprint density at radius 2 is 2.11 bits per heavy atom. The van der Waals surface area contributed by atoms with Crippen LogP contribution in [0.25, 0.3) is 0 Å². The first kappa shape index (κ1) is 16.8. The molecule has 0 radical (unpaired) electrons. The lowest BCUT2D eigenvalue weighted by Crippen LogP contribution is -2.35. The van der Waals surface area contributed by atoms with E-state index in [0.717, 1.165) is 0 Å². The van der Waals surface area contributed by atoms with Crippen LogP contribution in [0.2, 0.25) is 0 Å². The van der Waals surface area contributed by atoms with E-state index in [1.165, 1.54) is 12.1 Å². The molecule has 102 valence electrons. The Morgan fingerprint density at radius 1 is 1.50 bits per heavy atom. The smallest absolute Gasteiger partial charge is 0.224 e. The fourth-order valence-electron chi connectivity index (χ4n) is 1.33. The maximum atomic E-state index is 13.3. The molecule has 4 N–H and O–H groups in total. The maximum absolute atomic E-state index is 13.3. The average molecular weight is 277 g/mol. The van der Waals surface area contributed by atoms with Crippen LogP contribution in [0.5, 0.6) is 0 Å². The Kier molecular flexibility index (Phi) is 7.50. The van der Waals surface area contributed by atoms with Gasteiger partial charge in [-0.2, -0.15) is 0 Å². The molecule has 4 nitrogen and oxygen atoms in total. The van der Waals surface area contributed by atoms with Crippen LogP contribution in [0.3, 0.4) is 0 Å². The van der Waals surface area contributed by atoms with E-state index in [0.29, 0.717) is 0 Å². The van der Waals surface area contributed by atoms with Gasteiger partial charge in [0.25, 0.3) is 0 Å². The van der Waals surface area contributed by atoms with Gasteiger partial charge < -0.3 is 16.2 Å². The summed E-state index contributed by atoms with van der Waals surface area (Å²) in [6.07, 6.45) is -1.05. The van der Waals surface area contributed by atoms with E-state index in [2.05, 4.69) is 5.32 Å². The van der Waals surface area contributed by atoms with Crippen molar-refractivity contribution in [3.05, 3.63) is 35.6 Å². The highest BCUT2D eigenvalue weighted by Gasteiger charge is 2.15. The topological polar surface area (TPSA) is 75.4 Å². The number of benzene rings is 1. The van der Waals surface area contributed by atoms with Crippen molar-refractivity contribution in [3.63, 3.8) is 0 Å². The third kappa shape index (κ3) is 4.60. The number of halogens is 2. The van der Waals surface area contributed by atoms with Crippen molar-refractivity contribution in [2.75, 3.05) is 13.1 Å². The van der Waals surface area contributed by atoms with Gasteiger partial charge in [0.05, 0.1) is 6.10 Å². The van der Waals surface area contributed by atoms with Crippen molar-refractivity contribution >= 4 is 18.3 Å². The second-order valence-electron chi connectivity index (χ2n) is 3.92. The fourth-order valence-corrected chi connectivity index (χ4v) is 1.33. The van der Waals surface area contributed by atoms with E-state index >= 15 is 0 Å². The number of nitrogens with two attached hydrogens (primary N) is 1. The Bertz CT molecular complexity index is 390. The van der Waals surface area contributed by atoms with Gasteiger partial charge in [-0.25, -0.2) is 4.39 Å². The summed E-state index contributed by atoms with van der Waals surface area (Å²) in [6, 6.07) is 5.92. The van der Waals surface area contributed by atoms with E-state index < -0.39 is 11.9 Å². The first-order valence-electron chi connectivity index (χ1n) is 5.46. The Balaban J connectivity index is 0.00000289. The van der Waals surface area contributed by atoms with Crippen molar-refractivity contribution in [3.8, 4) is 0 Å². The number of rotatable bonds is 5. The summed E-state index contributed by atoms with van der Waals surface area (Å²) >= 11 is 0. The number of carbonyl (C=O) groups excluding carboxylic acids is 1. The van der Waals surface area contributed by atoms with E-state index in [1.807, 2.05) is 0 Å². The Morgan fingerprint density at radius 3 is 2.67 bits per heavy atom. The van der Waals surface area contributed by atoms with Gasteiger partial charge in [-0.1, -0.05) is 25.1 Å². The molecular formula is C12H18ClFN2O2. The third-order valence-corrected chi connectivity index (χ3v) is 2.54. The first-order valence-corrected chi connectivity index (χ1v) is 5.46. The summed E-state index contributed by atoms with van der Waals surface area (Å²) in [4.78, 5) is 11.4. The molecular weight excluding hydrogens is 259 g/mol. The molecule has 1 amide bonds. The van der Waals surface area contributed by atoms with Gasteiger partial charge >= 0.3 is 0 Å². The zero-order valence-corrected chi connectivity index (χ0v) is 10.9. The molecule has 0 heterocycles. The zero-order valence-electron chi connectivity index (χ0n) is 10.1. The SMILES string of the molecule is CC(CN)C(=O)NCC(O)c1ccccc1F.Cl. The minimum Gasteiger partial charge on any atom is -0.386 e. The van der Waals surface area contributed by atoms with Crippen molar-refractivity contribution in [2.45, 2.75) is 13.0 Å². The van der Waals surface area contributed by atoms with Crippen LogP contribution < -0.4 is 11.1 Å². The molecule has 0 spiro atoms. The molecule has 6 heteroatoms. The third-order valence-electron chi connectivity index (χ3n) is 2.54. The number of hydrogen-bond acceptors (Lipinski definition) is 3. The molecule has 0 bridgehead atoms. The molecule has 0 saturated carbocycles. The Hall–Kier alpha value is -1.17. The second-order valence-corrected chi connectivity index (χ2v) is 3.92. The molecule has 2 unspecified atom stereocenters. The molecule has 0 aliphatic rings. The average Bonchev–Trinajstić information content (AvgIpc) is 2.35. The molecule has 2 atom stereocenters. The van der Waals surface area contributed by atoms with Gasteiger partial charge in [0.2, 0.25) is 5.91 Å². The lowest BCUT2D eigenvalue weighted by Gasteiger charge is -2.15. The van der Waals surface area contributed by atoms with E-state index in [-0.39, 0.29) is 42.9 Å². The predicted molar refractivity (Wildman–Crippen MR) is 69.8 cm³/mol. The second kappa shape index (κ2) is 8.02. The summed E-state index contributed by atoms with van der Waals surface area (Å²) in [5, 5.41) is 12.2. The summed E-state index contributed by atoms with van der Waals surface area (Å²) in [5.74, 6) is -1.05. The van der Waals surface area contributed by atoms with E-state index in [9.17, 15) is 14.3 Å².